The molecule has 4 aliphatic rings. The summed E-state index contributed by atoms with van der Waals surface area (Å²) in [6.07, 6.45) is 7.11. The molecule has 1 N–H and O–H groups in total. The molecule has 3 saturated carbocycles. The smallest absolute Gasteiger partial charge is 0.309 e. The first-order valence-electron chi connectivity index (χ1n) is 9.43. The third-order valence-corrected chi connectivity index (χ3v) is 7.99. The van der Waals surface area contributed by atoms with Gasteiger partial charge in [-0.3, -0.25) is 9.59 Å². The number of methoxy groups -OCH3 is 1. The van der Waals surface area contributed by atoms with Crippen molar-refractivity contribution in [3.63, 3.8) is 0 Å². The number of hydrogen-bond acceptors (Lipinski definition) is 4. The van der Waals surface area contributed by atoms with Crippen LogP contribution in [0.2, 0.25) is 0 Å². The van der Waals surface area contributed by atoms with Crippen molar-refractivity contribution in [2.75, 3.05) is 7.11 Å². The van der Waals surface area contributed by atoms with E-state index in [1.807, 2.05) is 0 Å². The van der Waals surface area contributed by atoms with E-state index in [2.05, 4.69) is 12.7 Å². The average Bonchev–Trinajstić information content (AvgIpc) is 3.02. The second kappa shape index (κ2) is 5.30. The maximum atomic E-state index is 13.0. The van der Waals surface area contributed by atoms with Crippen molar-refractivity contribution < 1.29 is 24.2 Å². The number of fused-ring (bicyclic) bond motifs is 3. The minimum Gasteiger partial charge on any atom is -0.481 e. The number of esters is 1. The van der Waals surface area contributed by atoms with Gasteiger partial charge in [-0.1, -0.05) is 30.2 Å². The van der Waals surface area contributed by atoms with Crippen molar-refractivity contribution in [1.29, 1.82) is 0 Å². The third kappa shape index (κ3) is 1.79. The topological polar surface area (TPSA) is 80.7 Å². The van der Waals surface area contributed by atoms with Gasteiger partial charge < -0.3 is 14.6 Å². The maximum absolute atomic E-state index is 13.0. The minimum absolute atomic E-state index is 0.311. The summed E-state index contributed by atoms with van der Waals surface area (Å²) in [5.74, 6) is -2.17. The van der Waals surface area contributed by atoms with Crippen molar-refractivity contribution in [1.82, 2.24) is 0 Å². The molecule has 6 atom stereocenters. The molecule has 0 aromatic heterocycles. The number of allylic oxidation sites excluding steroid dienone is 3. The van der Waals surface area contributed by atoms with Crippen molar-refractivity contribution >= 4 is 18.2 Å². The predicted octanol–water partition coefficient (Wildman–Crippen LogP) is 3.15. The van der Waals surface area contributed by atoms with Crippen LogP contribution in [0.25, 0.3) is 0 Å². The van der Waals surface area contributed by atoms with Crippen LogP contribution in [0.5, 0.6) is 0 Å². The molecule has 0 unspecified atom stereocenters. The molecule has 0 amide bonds. The molecule has 5 heteroatoms. The van der Waals surface area contributed by atoms with Crippen LogP contribution in [0.4, 0.5) is 0 Å². The number of hydrogen-bond donors (Lipinski definition) is 1. The minimum atomic E-state index is -1.12. The van der Waals surface area contributed by atoms with Gasteiger partial charge in [-0.15, -0.1) is 0 Å². The molecular formula is C21H26O5. The maximum Gasteiger partial charge on any atom is 0.309 e. The first kappa shape index (κ1) is 17.5. The van der Waals surface area contributed by atoms with Crippen molar-refractivity contribution in [2.24, 2.45) is 34.0 Å². The molecule has 0 aromatic rings. The SMILES string of the molecule is C=C1C[C@]23C[C@H]1CC=C2[C@]1(C=O)CCC[C@@](C)(C(=O)O)[C@H]1[C@@H]3C(=O)OC. The van der Waals surface area contributed by atoms with E-state index in [0.717, 1.165) is 30.3 Å². The highest BCUT2D eigenvalue weighted by atomic mass is 16.5. The summed E-state index contributed by atoms with van der Waals surface area (Å²) in [6.45, 7) is 5.93. The molecule has 0 aromatic carbocycles. The Hall–Kier alpha value is -1.91. The lowest BCUT2D eigenvalue weighted by atomic mass is 9.54. The molecule has 4 aliphatic carbocycles. The van der Waals surface area contributed by atoms with Crippen LogP contribution in [0, 0.1) is 34.0 Å². The van der Waals surface area contributed by atoms with Gasteiger partial charge in [0.05, 0.1) is 23.9 Å². The summed E-state index contributed by atoms with van der Waals surface area (Å²) in [7, 11) is 1.36. The number of aldehydes is 1. The van der Waals surface area contributed by atoms with E-state index in [-0.39, 0.29) is 5.97 Å². The molecule has 26 heavy (non-hydrogen) atoms. The van der Waals surface area contributed by atoms with Crippen LogP contribution in [0.15, 0.2) is 23.8 Å². The Morgan fingerprint density at radius 2 is 2.12 bits per heavy atom. The summed E-state index contributed by atoms with van der Waals surface area (Å²) >= 11 is 0. The van der Waals surface area contributed by atoms with Gasteiger partial charge in [-0.05, 0) is 44.9 Å². The average molecular weight is 358 g/mol. The van der Waals surface area contributed by atoms with Crippen molar-refractivity contribution in [3.8, 4) is 0 Å². The second-order valence-electron chi connectivity index (χ2n) is 8.96. The lowest BCUT2D eigenvalue weighted by Crippen LogP contribution is -2.51. The zero-order chi connectivity index (χ0) is 18.9. The fourth-order valence-electron chi connectivity index (χ4n) is 7.02. The molecular weight excluding hydrogens is 332 g/mol. The summed E-state index contributed by atoms with van der Waals surface area (Å²) < 4.78 is 5.17. The number of ether oxygens (including phenoxy) is 1. The fraction of sp³-hybridized carbons (Fsp3) is 0.667. The molecule has 0 radical (unpaired) electrons. The molecule has 2 bridgehead atoms. The Morgan fingerprint density at radius 3 is 2.73 bits per heavy atom. The number of carboxylic acids is 1. The molecule has 3 fully saturated rings. The Balaban J connectivity index is 2.01. The first-order valence-corrected chi connectivity index (χ1v) is 9.43. The zero-order valence-electron chi connectivity index (χ0n) is 15.4. The first-order chi connectivity index (χ1) is 12.3. The van der Waals surface area contributed by atoms with Crippen LogP contribution >= 0.6 is 0 Å². The Bertz CT molecular complexity index is 752. The molecule has 4 rings (SSSR count). The third-order valence-electron chi connectivity index (χ3n) is 7.99. The summed E-state index contributed by atoms with van der Waals surface area (Å²) in [5.41, 5.74) is -0.381. The second-order valence-corrected chi connectivity index (χ2v) is 8.96. The van der Waals surface area contributed by atoms with E-state index in [0.29, 0.717) is 31.6 Å². The highest BCUT2D eigenvalue weighted by Gasteiger charge is 2.74. The van der Waals surface area contributed by atoms with Gasteiger partial charge >= 0.3 is 11.9 Å². The fourth-order valence-corrected chi connectivity index (χ4v) is 7.02. The van der Waals surface area contributed by atoms with Crippen LogP contribution in [0.3, 0.4) is 0 Å². The van der Waals surface area contributed by atoms with E-state index in [9.17, 15) is 19.5 Å². The monoisotopic (exact) mass is 358 g/mol. The molecule has 0 heterocycles. The Morgan fingerprint density at radius 1 is 1.38 bits per heavy atom. The van der Waals surface area contributed by atoms with Gasteiger partial charge in [0.25, 0.3) is 0 Å². The standard InChI is InChI=1S/C21H26O5/c1-12-9-21-10-13(12)5-6-14(21)20(11-22)8-4-7-19(2,18(24)25)16(20)15(21)17(23)26-3/h6,11,13,15-16H,1,4-5,7-10H2,2-3H3,(H,24,25)/t13-,15-,16-,19-,20-,21+/m1/s1. The van der Waals surface area contributed by atoms with Crippen LogP contribution in [0.1, 0.15) is 45.4 Å². The van der Waals surface area contributed by atoms with Crippen LogP contribution in [-0.2, 0) is 19.1 Å². The Kier molecular flexibility index (Phi) is 3.57. The number of carbonyl (C=O) groups excluding carboxylic acids is 2. The van der Waals surface area contributed by atoms with Gasteiger partial charge in [0.15, 0.2) is 0 Å². The summed E-state index contributed by atoms with van der Waals surface area (Å²) in [6, 6.07) is 0. The largest absolute Gasteiger partial charge is 0.481 e. The van der Waals surface area contributed by atoms with Gasteiger partial charge in [0, 0.05) is 11.3 Å². The molecule has 140 valence electrons. The van der Waals surface area contributed by atoms with Crippen molar-refractivity contribution in [3.05, 3.63) is 23.8 Å². The predicted molar refractivity (Wildman–Crippen MR) is 94.1 cm³/mol. The summed E-state index contributed by atoms with van der Waals surface area (Å²) in [4.78, 5) is 37.8. The van der Waals surface area contributed by atoms with E-state index < -0.39 is 34.1 Å². The highest BCUT2D eigenvalue weighted by molar-refractivity contribution is 5.86. The number of carbonyl (C=O) groups is 3. The van der Waals surface area contributed by atoms with Crippen molar-refractivity contribution in [2.45, 2.75) is 45.4 Å². The Labute approximate surface area is 153 Å². The summed E-state index contributed by atoms with van der Waals surface area (Å²) in [5, 5.41) is 10.1. The van der Waals surface area contributed by atoms with Crippen LogP contribution < -0.4 is 0 Å². The molecule has 5 nitrogen and oxygen atoms in total. The molecule has 1 spiro atoms. The van der Waals surface area contributed by atoms with Crippen LogP contribution in [-0.4, -0.2) is 30.4 Å². The zero-order valence-corrected chi connectivity index (χ0v) is 15.4. The van der Waals surface area contributed by atoms with E-state index in [1.165, 1.54) is 7.11 Å². The van der Waals surface area contributed by atoms with E-state index in [4.69, 9.17) is 4.74 Å². The molecule has 0 saturated heterocycles. The quantitative estimate of drug-likeness (QED) is 0.476. The number of aliphatic carboxylic acids is 1. The number of rotatable bonds is 3. The highest BCUT2D eigenvalue weighted by Crippen LogP contribution is 2.75. The van der Waals surface area contributed by atoms with Gasteiger partial charge in [0.2, 0.25) is 0 Å². The lowest BCUT2D eigenvalue weighted by molar-refractivity contribution is -0.168. The van der Waals surface area contributed by atoms with Gasteiger partial charge in [-0.25, -0.2) is 0 Å². The van der Waals surface area contributed by atoms with Gasteiger partial charge in [-0.2, -0.15) is 0 Å². The number of carboxylic acid groups (broad SMARTS) is 1. The lowest BCUT2D eigenvalue weighted by Gasteiger charge is -2.47. The van der Waals surface area contributed by atoms with E-state index in [1.54, 1.807) is 6.92 Å². The normalized spacial score (nSPS) is 46.2. The molecule has 0 aliphatic heterocycles. The van der Waals surface area contributed by atoms with Gasteiger partial charge in [0.1, 0.15) is 6.29 Å². The van der Waals surface area contributed by atoms with E-state index >= 15 is 0 Å².